The molecule has 1 N–H and O–H groups in total. The molecule has 4 aliphatic rings. The molecule has 7 nitrogen and oxygen atoms in total. The van der Waals surface area contributed by atoms with Crippen LogP contribution in [-0.4, -0.2) is 59.8 Å². The number of rotatable bonds is 7. The quantitative estimate of drug-likeness (QED) is 0.380. The van der Waals surface area contributed by atoms with Crippen molar-refractivity contribution in [2.45, 2.75) is 65.1 Å². The Kier molecular flexibility index (Phi) is 7.04. The highest BCUT2D eigenvalue weighted by Crippen LogP contribution is 2.58. The monoisotopic (exact) mass is 573 g/mol. The molecule has 0 amide bonds. The minimum Gasteiger partial charge on any atom is -0.488 e. The highest BCUT2D eigenvalue weighted by Gasteiger charge is 2.62. The van der Waals surface area contributed by atoms with E-state index in [1.807, 2.05) is 0 Å². The highest BCUT2D eigenvalue weighted by atomic mass is 32.1. The third-order valence-corrected chi connectivity index (χ3v) is 10.8. The number of para-hydroxylation sites is 1. The van der Waals surface area contributed by atoms with E-state index >= 15 is 0 Å². The van der Waals surface area contributed by atoms with Gasteiger partial charge >= 0.3 is 5.97 Å². The van der Waals surface area contributed by atoms with Gasteiger partial charge in [-0.05, 0) is 85.8 Å². The first-order chi connectivity index (χ1) is 19.9. The number of nitrogens with zero attached hydrogens (tertiary/aromatic N) is 3. The van der Waals surface area contributed by atoms with Gasteiger partial charge in [-0.2, -0.15) is 0 Å². The van der Waals surface area contributed by atoms with Crippen molar-refractivity contribution in [3.05, 3.63) is 63.5 Å². The van der Waals surface area contributed by atoms with Crippen molar-refractivity contribution in [3.63, 3.8) is 0 Å². The predicted molar refractivity (Wildman–Crippen MR) is 161 cm³/mol. The molecule has 41 heavy (non-hydrogen) atoms. The van der Waals surface area contributed by atoms with Gasteiger partial charge in [0.25, 0.3) is 0 Å². The van der Waals surface area contributed by atoms with E-state index in [0.717, 1.165) is 79.9 Å². The predicted octanol–water partition coefficient (Wildman–Crippen LogP) is 5.84. The molecular weight excluding hydrogens is 534 g/mol. The van der Waals surface area contributed by atoms with Crippen molar-refractivity contribution in [3.8, 4) is 17.0 Å². The molecule has 3 aromatic rings. The van der Waals surface area contributed by atoms with Crippen LogP contribution in [0.2, 0.25) is 0 Å². The number of ether oxygens (including phenoxy) is 2. The minimum atomic E-state index is -0.630. The third kappa shape index (κ3) is 5.04. The van der Waals surface area contributed by atoms with Crippen molar-refractivity contribution in [1.29, 1.82) is 0 Å². The summed E-state index contributed by atoms with van der Waals surface area (Å²) in [5, 5.41) is 12.7. The molecular formula is C33H39N3O4S. The van der Waals surface area contributed by atoms with Crippen LogP contribution in [-0.2, 0) is 29.1 Å². The summed E-state index contributed by atoms with van der Waals surface area (Å²) in [4.78, 5) is 21.6. The van der Waals surface area contributed by atoms with Crippen LogP contribution < -0.4 is 9.64 Å². The number of carboxylic acids is 1. The average Bonchev–Trinajstić information content (AvgIpc) is 3.54. The molecule has 0 radical (unpaired) electrons. The van der Waals surface area contributed by atoms with Gasteiger partial charge in [-0.1, -0.05) is 24.3 Å². The molecule has 1 unspecified atom stereocenters. The number of aromatic nitrogens is 1. The first-order valence-corrected chi connectivity index (χ1v) is 15.9. The number of carbonyl (C=O) groups is 1. The van der Waals surface area contributed by atoms with Gasteiger partial charge < -0.3 is 19.5 Å². The average molecular weight is 574 g/mol. The van der Waals surface area contributed by atoms with Gasteiger partial charge in [0.15, 0.2) is 5.13 Å². The molecule has 216 valence electrons. The lowest BCUT2D eigenvalue weighted by molar-refractivity contribution is -0.144. The maximum atomic E-state index is 11.7. The molecule has 4 heterocycles. The highest BCUT2D eigenvalue weighted by molar-refractivity contribution is 7.14. The molecule has 2 aromatic carbocycles. The summed E-state index contributed by atoms with van der Waals surface area (Å²) in [5.41, 5.74) is 8.03. The summed E-state index contributed by atoms with van der Waals surface area (Å²) in [6, 6.07) is 11.4. The number of fused-ring (bicyclic) bond motifs is 2. The Hall–Kier alpha value is -2.94. The molecule has 3 atom stereocenters. The number of hydrogen-bond donors (Lipinski definition) is 1. The van der Waals surface area contributed by atoms with Crippen molar-refractivity contribution in [2.24, 2.45) is 11.3 Å². The molecule has 8 heteroatoms. The van der Waals surface area contributed by atoms with Crippen LogP contribution in [0.5, 0.6) is 5.75 Å². The van der Waals surface area contributed by atoms with E-state index < -0.39 is 11.4 Å². The zero-order valence-electron chi connectivity index (χ0n) is 24.0. The second-order valence-electron chi connectivity index (χ2n) is 12.5. The third-order valence-electron chi connectivity index (χ3n) is 9.87. The van der Waals surface area contributed by atoms with E-state index in [2.05, 4.69) is 59.4 Å². The zero-order valence-corrected chi connectivity index (χ0v) is 24.8. The van der Waals surface area contributed by atoms with Crippen LogP contribution in [0, 0.1) is 25.2 Å². The Morgan fingerprint density at radius 3 is 2.95 bits per heavy atom. The molecule has 1 aliphatic carbocycles. The van der Waals surface area contributed by atoms with Crippen LogP contribution in [0.15, 0.2) is 35.7 Å². The number of thiazole rings is 1. The van der Waals surface area contributed by atoms with Gasteiger partial charge in [0.05, 0.1) is 17.7 Å². The van der Waals surface area contributed by atoms with Gasteiger partial charge in [0.1, 0.15) is 12.4 Å². The van der Waals surface area contributed by atoms with Crippen molar-refractivity contribution < 1.29 is 19.4 Å². The van der Waals surface area contributed by atoms with E-state index in [9.17, 15) is 9.90 Å². The zero-order chi connectivity index (χ0) is 28.1. The molecule has 0 spiro atoms. The largest absolute Gasteiger partial charge is 0.488 e. The number of aryl methyl sites for hydroxylation is 2. The van der Waals surface area contributed by atoms with Gasteiger partial charge in [-0.25, -0.2) is 4.98 Å². The van der Waals surface area contributed by atoms with E-state index in [1.165, 1.54) is 35.1 Å². The lowest BCUT2D eigenvalue weighted by Gasteiger charge is -2.38. The van der Waals surface area contributed by atoms with Crippen molar-refractivity contribution in [1.82, 2.24) is 9.88 Å². The molecule has 2 saturated heterocycles. The standard InChI is InChI=1S/C33H39N3O4S/c1-21-5-3-7-27(29-20-41-32(34-29)36-11-9-33(31(37)38)15-25(33)16-36)30(21)40-18-23-13-22(2)28-17-35(10-8-24(28)14-23)26-6-4-12-39-19-26/h3,5,7,13-14,20,25-26H,4,6,8-12,15-19H2,1-2H3,(H,37,38)/t25-,26?,33+/m0/s1. The summed E-state index contributed by atoms with van der Waals surface area (Å²) in [7, 11) is 0. The van der Waals surface area contributed by atoms with Crippen molar-refractivity contribution in [2.75, 3.05) is 37.7 Å². The first kappa shape index (κ1) is 26.9. The number of piperidine rings is 1. The van der Waals surface area contributed by atoms with E-state index in [-0.39, 0.29) is 5.92 Å². The van der Waals surface area contributed by atoms with Crippen LogP contribution >= 0.6 is 11.3 Å². The Bertz CT molecular complexity index is 1460. The molecule has 7 rings (SSSR count). The van der Waals surface area contributed by atoms with Gasteiger partial charge in [0, 0.05) is 49.8 Å². The topological polar surface area (TPSA) is 75.1 Å². The molecule has 3 fully saturated rings. The Balaban J connectivity index is 1.05. The second-order valence-corrected chi connectivity index (χ2v) is 13.3. The van der Waals surface area contributed by atoms with Crippen molar-refractivity contribution >= 4 is 22.4 Å². The normalized spacial score (nSPS) is 25.9. The molecule has 0 bridgehead atoms. The fourth-order valence-corrected chi connectivity index (χ4v) is 8.13. The fourth-order valence-electron chi connectivity index (χ4n) is 7.27. The Morgan fingerprint density at radius 1 is 1.24 bits per heavy atom. The number of anilines is 1. The van der Waals surface area contributed by atoms with E-state index in [0.29, 0.717) is 19.1 Å². The summed E-state index contributed by atoms with van der Waals surface area (Å²) in [6.45, 7) is 10.3. The maximum absolute atomic E-state index is 11.7. The number of aliphatic carboxylic acids is 1. The Morgan fingerprint density at radius 2 is 2.15 bits per heavy atom. The van der Waals surface area contributed by atoms with Crippen LogP contribution in [0.25, 0.3) is 11.3 Å². The summed E-state index contributed by atoms with van der Waals surface area (Å²) < 4.78 is 12.3. The lowest BCUT2D eigenvalue weighted by Crippen LogP contribution is -2.44. The SMILES string of the molecule is Cc1cc(COc2c(C)cccc2-c2csc(N3CC[C@@]4(C(=O)O)C[C@H]4C3)n2)cc2c1CN(C1CCCOC1)CC2. The molecule has 1 saturated carbocycles. The smallest absolute Gasteiger partial charge is 0.310 e. The fraction of sp³-hybridized carbons (Fsp3) is 0.515. The van der Waals surface area contributed by atoms with Crippen LogP contribution in [0.1, 0.15) is 53.5 Å². The maximum Gasteiger partial charge on any atom is 0.310 e. The summed E-state index contributed by atoms with van der Waals surface area (Å²) in [5.74, 6) is 0.492. The van der Waals surface area contributed by atoms with E-state index in [1.54, 1.807) is 11.3 Å². The van der Waals surface area contributed by atoms with Crippen LogP contribution in [0.4, 0.5) is 5.13 Å². The van der Waals surface area contributed by atoms with Gasteiger partial charge in [0.2, 0.25) is 0 Å². The minimum absolute atomic E-state index is 0.239. The lowest BCUT2D eigenvalue weighted by atomic mass is 9.91. The second kappa shape index (κ2) is 10.7. The van der Waals surface area contributed by atoms with Gasteiger partial charge in [-0.15, -0.1) is 11.3 Å². The number of carboxylic acid groups (broad SMARTS) is 1. The number of benzene rings is 2. The Labute approximate surface area is 246 Å². The summed E-state index contributed by atoms with van der Waals surface area (Å²) >= 11 is 1.64. The number of hydrogen-bond acceptors (Lipinski definition) is 7. The molecule has 3 aliphatic heterocycles. The summed E-state index contributed by atoms with van der Waals surface area (Å²) in [6.07, 6.45) is 4.97. The van der Waals surface area contributed by atoms with E-state index in [4.69, 9.17) is 14.5 Å². The molecule has 1 aromatic heterocycles. The van der Waals surface area contributed by atoms with Gasteiger partial charge in [-0.3, -0.25) is 9.69 Å². The van der Waals surface area contributed by atoms with Crippen LogP contribution in [0.3, 0.4) is 0 Å². The first-order valence-electron chi connectivity index (χ1n) is 15.0.